The molecule has 1 aromatic carbocycles. The number of hydrogen-bond acceptors (Lipinski definition) is 5. The molecular weight excluding hydrogens is 364 g/mol. The fourth-order valence-corrected chi connectivity index (χ4v) is 3.76. The van der Waals surface area contributed by atoms with Gasteiger partial charge in [0.2, 0.25) is 5.91 Å². The second kappa shape index (κ2) is 8.19. The van der Waals surface area contributed by atoms with Gasteiger partial charge < -0.3 is 9.80 Å². The first-order valence-electron chi connectivity index (χ1n) is 10.4. The maximum atomic E-state index is 11.8. The van der Waals surface area contributed by atoms with E-state index < -0.39 is 0 Å². The number of carbonyl (C=O) groups excluding carboxylic acids is 1. The van der Waals surface area contributed by atoms with Crippen molar-refractivity contribution in [1.29, 1.82) is 0 Å². The summed E-state index contributed by atoms with van der Waals surface area (Å²) in [6, 6.07) is 10.1. The number of fused-ring (bicyclic) bond motifs is 1. The first-order chi connectivity index (χ1) is 14.1. The Labute approximate surface area is 171 Å². The predicted molar refractivity (Wildman–Crippen MR) is 114 cm³/mol. The molecule has 0 unspecified atom stereocenters. The van der Waals surface area contributed by atoms with Crippen LogP contribution in [0, 0.1) is 0 Å². The molecule has 2 aromatic heterocycles. The Balaban J connectivity index is 1.80. The van der Waals surface area contributed by atoms with Crippen LogP contribution in [0.2, 0.25) is 0 Å². The lowest BCUT2D eigenvalue weighted by Crippen LogP contribution is -2.34. The van der Waals surface area contributed by atoms with E-state index in [2.05, 4.69) is 23.8 Å². The highest BCUT2D eigenvalue weighted by molar-refractivity contribution is 5.88. The summed E-state index contributed by atoms with van der Waals surface area (Å²) in [5, 5.41) is 5.59. The minimum Gasteiger partial charge on any atom is -0.354 e. The van der Waals surface area contributed by atoms with Crippen molar-refractivity contribution in [2.24, 2.45) is 0 Å². The molecule has 3 heterocycles. The largest absolute Gasteiger partial charge is 0.354 e. The zero-order chi connectivity index (χ0) is 20.4. The van der Waals surface area contributed by atoms with Gasteiger partial charge >= 0.3 is 0 Å². The molecule has 0 aliphatic carbocycles. The molecule has 1 aliphatic heterocycles. The zero-order valence-electron chi connectivity index (χ0n) is 17.4. The number of para-hydroxylation sites is 1. The molecule has 1 fully saturated rings. The van der Waals surface area contributed by atoms with E-state index in [1.807, 2.05) is 46.1 Å². The summed E-state index contributed by atoms with van der Waals surface area (Å²) < 4.78 is 1.89. The molecule has 7 heteroatoms. The number of rotatable bonds is 4. The van der Waals surface area contributed by atoms with E-state index in [0.717, 1.165) is 60.8 Å². The number of benzene rings is 1. The van der Waals surface area contributed by atoms with E-state index in [9.17, 15) is 4.79 Å². The van der Waals surface area contributed by atoms with Crippen molar-refractivity contribution in [2.45, 2.75) is 39.5 Å². The van der Waals surface area contributed by atoms with Gasteiger partial charge in [-0.1, -0.05) is 32.0 Å². The second-order valence-electron chi connectivity index (χ2n) is 7.69. The van der Waals surface area contributed by atoms with Gasteiger partial charge in [-0.2, -0.15) is 5.10 Å². The molecule has 4 rings (SSSR count). The summed E-state index contributed by atoms with van der Waals surface area (Å²) in [5.74, 6) is 2.17. The Kier molecular flexibility index (Phi) is 5.47. The third-order valence-corrected chi connectivity index (χ3v) is 5.72. The first kappa shape index (κ1) is 19.4. The Morgan fingerprint density at radius 3 is 2.62 bits per heavy atom. The fourth-order valence-electron chi connectivity index (χ4n) is 3.76. The van der Waals surface area contributed by atoms with Crippen LogP contribution in [0.5, 0.6) is 0 Å². The first-order valence-corrected chi connectivity index (χ1v) is 10.4. The lowest BCUT2D eigenvalue weighted by Gasteiger charge is -2.24. The molecule has 7 nitrogen and oxygen atoms in total. The number of aromatic nitrogens is 4. The second-order valence-corrected chi connectivity index (χ2v) is 7.69. The van der Waals surface area contributed by atoms with Crippen LogP contribution in [0.4, 0.5) is 5.82 Å². The van der Waals surface area contributed by atoms with Crippen LogP contribution in [0.1, 0.15) is 45.4 Å². The lowest BCUT2D eigenvalue weighted by atomic mass is 10.1. The summed E-state index contributed by atoms with van der Waals surface area (Å²) in [6.07, 6.45) is 3.77. The Morgan fingerprint density at radius 1 is 1.10 bits per heavy atom. The summed E-state index contributed by atoms with van der Waals surface area (Å²) in [7, 11) is 0. The van der Waals surface area contributed by atoms with E-state index in [4.69, 9.17) is 9.97 Å². The van der Waals surface area contributed by atoms with E-state index in [0.29, 0.717) is 6.54 Å². The van der Waals surface area contributed by atoms with Crippen molar-refractivity contribution >= 4 is 22.8 Å². The predicted octanol–water partition coefficient (Wildman–Crippen LogP) is 3.39. The lowest BCUT2D eigenvalue weighted by molar-refractivity contribution is -0.128. The summed E-state index contributed by atoms with van der Waals surface area (Å²) >= 11 is 0. The number of anilines is 1. The molecule has 1 atom stereocenters. The van der Waals surface area contributed by atoms with Crippen LogP contribution < -0.4 is 4.90 Å². The number of hydrogen-bond donors (Lipinski definition) is 0. The summed E-state index contributed by atoms with van der Waals surface area (Å²) in [6.45, 7) is 9.10. The molecule has 0 radical (unpaired) electrons. The van der Waals surface area contributed by atoms with Crippen LogP contribution in [0.25, 0.3) is 16.7 Å². The Morgan fingerprint density at radius 2 is 1.90 bits per heavy atom. The van der Waals surface area contributed by atoms with E-state index in [1.165, 1.54) is 0 Å². The summed E-state index contributed by atoms with van der Waals surface area (Å²) in [5.41, 5.74) is 1.82. The van der Waals surface area contributed by atoms with Gasteiger partial charge in [0.25, 0.3) is 0 Å². The Bertz CT molecular complexity index is 999. The van der Waals surface area contributed by atoms with Gasteiger partial charge in [-0.3, -0.25) is 4.79 Å². The molecule has 0 bridgehead atoms. The van der Waals surface area contributed by atoms with Gasteiger partial charge in [0, 0.05) is 39.0 Å². The van der Waals surface area contributed by atoms with Crippen LogP contribution in [-0.4, -0.2) is 56.7 Å². The third-order valence-electron chi connectivity index (χ3n) is 5.72. The van der Waals surface area contributed by atoms with Gasteiger partial charge in [-0.15, -0.1) is 0 Å². The van der Waals surface area contributed by atoms with Crippen LogP contribution in [-0.2, 0) is 4.79 Å². The molecule has 0 N–H and O–H groups in total. The van der Waals surface area contributed by atoms with E-state index in [1.54, 1.807) is 6.92 Å². The SMILES string of the molecule is CC[C@@H](C)c1nc(N2CCCN(C(C)=O)CC2)c2cnn(-c3ccccc3)c2n1. The van der Waals surface area contributed by atoms with Crippen LogP contribution in [0.15, 0.2) is 36.5 Å². The number of amides is 1. The van der Waals surface area contributed by atoms with Crippen LogP contribution >= 0.6 is 0 Å². The normalized spacial score (nSPS) is 16.1. The van der Waals surface area contributed by atoms with Gasteiger partial charge in [-0.05, 0) is 25.0 Å². The highest BCUT2D eigenvalue weighted by Gasteiger charge is 2.23. The highest BCUT2D eigenvalue weighted by Crippen LogP contribution is 2.29. The monoisotopic (exact) mass is 392 g/mol. The van der Waals surface area contributed by atoms with Crippen molar-refractivity contribution in [3.8, 4) is 5.69 Å². The highest BCUT2D eigenvalue weighted by atomic mass is 16.2. The average Bonchev–Trinajstić information content (AvgIpc) is 3.01. The van der Waals surface area contributed by atoms with Crippen molar-refractivity contribution in [2.75, 3.05) is 31.1 Å². The average molecular weight is 393 g/mol. The van der Waals surface area contributed by atoms with Gasteiger partial charge in [0.1, 0.15) is 11.6 Å². The van der Waals surface area contributed by atoms with E-state index >= 15 is 0 Å². The molecule has 1 amide bonds. The van der Waals surface area contributed by atoms with Gasteiger partial charge in [0.15, 0.2) is 5.65 Å². The maximum absolute atomic E-state index is 11.8. The molecule has 0 saturated carbocycles. The molecule has 1 saturated heterocycles. The van der Waals surface area contributed by atoms with Crippen LogP contribution in [0.3, 0.4) is 0 Å². The van der Waals surface area contributed by atoms with E-state index in [-0.39, 0.29) is 11.8 Å². The quantitative estimate of drug-likeness (QED) is 0.681. The summed E-state index contributed by atoms with van der Waals surface area (Å²) in [4.78, 5) is 25.9. The molecule has 1 aliphatic rings. The minimum absolute atomic E-state index is 0.136. The van der Waals surface area contributed by atoms with Gasteiger partial charge in [0.05, 0.1) is 17.3 Å². The zero-order valence-corrected chi connectivity index (χ0v) is 17.4. The van der Waals surface area contributed by atoms with Crippen molar-refractivity contribution in [3.63, 3.8) is 0 Å². The molecular formula is C22H28N6O. The Hall–Kier alpha value is -2.96. The smallest absolute Gasteiger partial charge is 0.219 e. The topological polar surface area (TPSA) is 67.2 Å². The van der Waals surface area contributed by atoms with Crippen molar-refractivity contribution in [3.05, 3.63) is 42.4 Å². The van der Waals surface area contributed by atoms with Crippen molar-refractivity contribution < 1.29 is 4.79 Å². The standard InChI is InChI=1S/C22H28N6O/c1-4-16(2)20-24-21(27-12-8-11-26(13-14-27)17(3)29)19-15-23-28(22(19)25-20)18-9-6-5-7-10-18/h5-7,9-10,15-16H,4,8,11-14H2,1-3H3/t16-/m1/s1. The molecule has 152 valence electrons. The number of carbonyl (C=O) groups is 1. The minimum atomic E-state index is 0.136. The maximum Gasteiger partial charge on any atom is 0.219 e. The van der Waals surface area contributed by atoms with Crippen molar-refractivity contribution in [1.82, 2.24) is 24.6 Å². The third kappa shape index (κ3) is 3.81. The fraction of sp³-hybridized carbons (Fsp3) is 0.455. The molecule has 0 spiro atoms. The van der Waals surface area contributed by atoms with Gasteiger partial charge in [-0.25, -0.2) is 14.6 Å². The molecule has 3 aromatic rings. The molecule has 29 heavy (non-hydrogen) atoms. The number of nitrogens with zero attached hydrogens (tertiary/aromatic N) is 6.